The van der Waals surface area contributed by atoms with Crippen LogP contribution in [-0.4, -0.2) is 25.7 Å². The molecule has 0 heterocycles. The van der Waals surface area contributed by atoms with Gasteiger partial charge in [-0.05, 0) is 48.4 Å². The zero-order valence-electron chi connectivity index (χ0n) is 14.1. The number of rotatable bonds is 9. The van der Waals surface area contributed by atoms with E-state index in [1.807, 2.05) is 18.2 Å². The van der Waals surface area contributed by atoms with E-state index in [1.54, 1.807) is 7.11 Å². The van der Waals surface area contributed by atoms with Crippen LogP contribution in [0.1, 0.15) is 26.7 Å². The van der Waals surface area contributed by atoms with E-state index in [9.17, 15) is 0 Å². The van der Waals surface area contributed by atoms with E-state index in [1.165, 1.54) is 0 Å². The third-order valence-electron chi connectivity index (χ3n) is 3.48. The van der Waals surface area contributed by atoms with Gasteiger partial charge in [-0.2, -0.15) is 0 Å². The number of unbranched alkanes of at least 4 members (excludes halogenated alkanes) is 1. The first-order valence-corrected chi connectivity index (χ1v) is 9.20. The largest absolute Gasteiger partial charge is 0.493 e. The fourth-order valence-electron chi connectivity index (χ4n) is 2.31. The van der Waals surface area contributed by atoms with Gasteiger partial charge in [0.25, 0.3) is 0 Å². The van der Waals surface area contributed by atoms with Crippen LogP contribution in [0.3, 0.4) is 0 Å². The number of alkyl halides is 1. The van der Waals surface area contributed by atoms with Crippen LogP contribution in [0.5, 0.6) is 17.2 Å². The summed E-state index contributed by atoms with van der Waals surface area (Å²) < 4.78 is 17.2. The van der Waals surface area contributed by atoms with E-state index in [0.29, 0.717) is 12.5 Å². The Morgan fingerprint density at radius 3 is 2.57 bits per heavy atom. The van der Waals surface area contributed by atoms with Gasteiger partial charge in [-0.15, -0.1) is 0 Å². The zero-order chi connectivity index (χ0) is 16.7. The molecule has 0 spiro atoms. The fraction of sp³-hybridized carbons (Fsp3) is 0.474. The highest BCUT2D eigenvalue weighted by atomic mass is 79.9. The molecule has 0 bridgehead atoms. The minimum Gasteiger partial charge on any atom is -0.493 e. The van der Waals surface area contributed by atoms with Crippen molar-refractivity contribution in [2.24, 2.45) is 5.92 Å². The van der Waals surface area contributed by atoms with Crippen molar-refractivity contribution in [2.45, 2.75) is 26.7 Å². The van der Waals surface area contributed by atoms with Gasteiger partial charge >= 0.3 is 0 Å². The Kier molecular flexibility index (Phi) is 7.03. The monoisotopic (exact) mass is 380 g/mol. The molecule has 0 aromatic heterocycles. The smallest absolute Gasteiger partial charge is 0.168 e. The first-order valence-electron chi connectivity index (χ1n) is 8.08. The number of hydrogen-bond acceptors (Lipinski definition) is 3. The van der Waals surface area contributed by atoms with Gasteiger partial charge in [0.2, 0.25) is 0 Å². The van der Waals surface area contributed by atoms with Crippen LogP contribution in [0, 0.1) is 5.92 Å². The average Bonchev–Trinajstić information content (AvgIpc) is 2.56. The molecule has 0 aliphatic rings. The maximum Gasteiger partial charge on any atom is 0.168 e. The molecule has 0 amide bonds. The molecule has 2 aromatic carbocycles. The second-order valence-electron chi connectivity index (χ2n) is 5.93. The maximum atomic E-state index is 5.87. The highest BCUT2D eigenvalue weighted by Crippen LogP contribution is 2.37. The molecule has 0 fully saturated rings. The van der Waals surface area contributed by atoms with Gasteiger partial charge in [0, 0.05) is 10.7 Å². The summed E-state index contributed by atoms with van der Waals surface area (Å²) >= 11 is 3.43. The number of fused-ring (bicyclic) bond motifs is 1. The van der Waals surface area contributed by atoms with Crippen molar-refractivity contribution in [2.75, 3.05) is 25.7 Å². The lowest BCUT2D eigenvalue weighted by molar-refractivity contribution is 0.271. The Labute approximate surface area is 147 Å². The van der Waals surface area contributed by atoms with Crippen LogP contribution in [-0.2, 0) is 0 Å². The molecule has 3 nitrogen and oxygen atoms in total. The summed E-state index contributed by atoms with van der Waals surface area (Å²) in [5.41, 5.74) is 0. The average molecular weight is 381 g/mol. The van der Waals surface area contributed by atoms with E-state index in [4.69, 9.17) is 14.2 Å². The summed E-state index contributed by atoms with van der Waals surface area (Å²) in [5, 5.41) is 3.14. The Morgan fingerprint density at radius 1 is 1.04 bits per heavy atom. The Morgan fingerprint density at radius 2 is 1.87 bits per heavy atom. The predicted molar refractivity (Wildman–Crippen MR) is 99.4 cm³/mol. The van der Waals surface area contributed by atoms with Gasteiger partial charge in [0.05, 0.1) is 20.3 Å². The Balaban J connectivity index is 2.19. The van der Waals surface area contributed by atoms with E-state index >= 15 is 0 Å². The van der Waals surface area contributed by atoms with Crippen LogP contribution in [0.2, 0.25) is 0 Å². The Hall–Kier alpha value is -1.42. The molecule has 0 aliphatic carbocycles. The van der Waals surface area contributed by atoms with E-state index < -0.39 is 0 Å². The molecular weight excluding hydrogens is 356 g/mol. The highest BCUT2D eigenvalue weighted by Gasteiger charge is 2.10. The quantitative estimate of drug-likeness (QED) is 0.428. The first kappa shape index (κ1) is 17.9. The van der Waals surface area contributed by atoms with Crippen molar-refractivity contribution >= 4 is 26.7 Å². The molecule has 2 rings (SSSR count). The van der Waals surface area contributed by atoms with Crippen molar-refractivity contribution < 1.29 is 14.2 Å². The second kappa shape index (κ2) is 9.02. The summed E-state index contributed by atoms with van der Waals surface area (Å²) in [5.74, 6) is 2.98. The SMILES string of the molecule is COc1c(OCCCCBr)ccc2cc(OCC(C)C)ccc12. The normalized spacial score (nSPS) is 11.0. The van der Waals surface area contributed by atoms with Crippen LogP contribution in [0.25, 0.3) is 10.8 Å². The molecule has 0 saturated heterocycles. The van der Waals surface area contributed by atoms with E-state index in [0.717, 1.165) is 52.8 Å². The van der Waals surface area contributed by atoms with Crippen LogP contribution >= 0.6 is 15.9 Å². The van der Waals surface area contributed by atoms with Gasteiger partial charge in [0.15, 0.2) is 11.5 Å². The number of benzene rings is 2. The highest BCUT2D eigenvalue weighted by molar-refractivity contribution is 9.09. The molecule has 23 heavy (non-hydrogen) atoms. The number of hydrogen-bond donors (Lipinski definition) is 0. The van der Waals surface area contributed by atoms with Gasteiger partial charge in [-0.1, -0.05) is 35.8 Å². The lowest BCUT2D eigenvalue weighted by Gasteiger charge is -2.14. The van der Waals surface area contributed by atoms with Crippen molar-refractivity contribution in [3.05, 3.63) is 30.3 Å². The Bertz CT molecular complexity index is 625. The van der Waals surface area contributed by atoms with Crippen molar-refractivity contribution in [3.8, 4) is 17.2 Å². The zero-order valence-corrected chi connectivity index (χ0v) is 15.7. The molecule has 2 aromatic rings. The summed E-state index contributed by atoms with van der Waals surface area (Å²) in [6.45, 7) is 5.70. The molecule has 0 unspecified atom stereocenters. The third-order valence-corrected chi connectivity index (χ3v) is 4.04. The van der Waals surface area contributed by atoms with E-state index in [2.05, 4.69) is 41.9 Å². The number of halogens is 1. The molecule has 0 saturated carbocycles. The van der Waals surface area contributed by atoms with Gasteiger partial charge in [-0.25, -0.2) is 0 Å². The minimum absolute atomic E-state index is 0.510. The van der Waals surface area contributed by atoms with Gasteiger partial charge < -0.3 is 14.2 Å². The third kappa shape index (κ3) is 5.03. The predicted octanol–water partition coefficient (Wildman–Crippen LogP) is 5.44. The number of ether oxygens (including phenoxy) is 3. The number of methoxy groups -OCH3 is 1. The first-order chi connectivity index (χ1) is 11.2. The van der Waals surface area contributed by atoms with Crippen molar-refractivity contribution in [1.29, 1.82) is 0 Å². The summed E-state index contributed by atoms with van der Waals surface area (Å²) in [6.07, 6.45) is 2.13. The summed E-state index contributed by atoms with van der Waals surface area (Å²) in [4.78, 5) is 0. The van der Waals surface area contributed by atoms with E-state index in [-0.39, 0.29) is 0 Å². The molecule has 0 aliphatic heterocycles. The van der Waals surface area contributed by atoms with Crippen LogP contribution < -0.4 is 14.2 Å². The van der Waals surface area contributed by atoms with Crippen LogP contribution in [0.4, 0.5) is 0 Å². The molecule has 4 heteroatoms. The molecule has 0 atom stereocenters. The van der Waals surface area contributed by atoms with Crippen LogP contribution in [0.15, 0.2) is 30.3 Å². The fourth-order valence-corrected chi connectivity index (χ4v) is 2.71. The van der Waals surface area contributed by atoms with Gasteiger partial charge in [0.1, 0.15) is 5.75 Å². The summed E-state index contributed by atoms with van der Waals surface area (Å²) in [6, 6.07) is 10.1. The van der Waals surface area contributed by atoms with Crippen molar-refractivity contribution in [1.82, 2.24) is 0 Å². The minimum atomic E-state index is 0.510. The molecule has 126 valence electrons. The lowest BCUT2D eigenvalue weighted by Crippen LogP contribution is -2.04. The van der Waals surface area contributed by atoms with Gasteiger partial charge in [-0.3, -0.25) is 0 Å². The summed E-state index contributed by atoms with van der Waals surface area (Å²) in [7, 11) is 1.68. The maximum absolute atomic E-state index is 5.87. The van der Waals surface area contributed by atoms with Crippen molar-refractivity contribution in [3.63, 3.8) is 0 Å². The standard InChI is InChI=1S/C19H25BrO3/c1-14(2)13-23-16-7-8-17-15(12-16)6-9-18(19(17)21-3)22-11-5-4-10-20/h6-9,12,14H,4-5,10-11,13H2,1-3H3. The lowest BCUT2D eigenvalue weighted by atomic mass is 10.1. The molecule has 0 N–H and O–H groups in total. The second-order valence-corrected chi connectivity index (χ2v) is 6.72. The molecular formula is C19H25BrO3. The molecule has 0 radical (unpaired) electrons. The topological polar surface area (TPSA) is 27.7 Å².